The summed E-state index contributed by atoms with van der Waals surface area (Å²) in [5.41, 5.74) is 4.51. The fourth-order valence-electron chi connectivity index (χ4n) is 1.74. The van der Waals surface area contributed by atoms with Gasteiger partial charge in [-0.15, -0.1) is 0 Å². The summed E-state index contributed by atoms with van der Waals surface area (Å²) < 4.78 is 5.62. The maximum Gasteiger partial charge on any atom is 0.0991 e. The lowest BCUT2D eigenvalue weighted by Gasteiger charge is -2.03. The summed E-state index contributed by atoms with van der Waals surface area (Å²) in [4.78, 5) is 0. The monoisotopic (exact) mass is 269 g/mol. The molecule has 2 heteroatoms. The molecule has 0 radical (unpaired) electrons. The van der Waals surface area contributed by atoms with Crippen molar-refractivity contribution in [3.63, 3.8) is 0 Å². The minimum absolute atomic E-state index is 0.587. The van der Waals surface area contributed by atoms with Crippen LogP contribution in [0.2, 0.25) is 0 Å². The molecular formula is C18H23NO. The highest BCUT2D eigenvalue weighted by Gasteiger charge is 1.94. The molecule has 0 heterocycles. The Morgan fingerprint density at radius 2 is 1.85 bits per heavy atom. The van der Waals surface area contributed by atoms with Crippen molar-refractivity contribution in [3.05, 3.63) is 58.7 Å². The number of rotatable bonds is 7. The quantitative estimate of drug-likeness (QED) is 0.527. The molecule has 0 amide bonds. The maximum atomic E-state index is 8.72. The predicted molar refractivity (Wildman–Crippen MR) is 83.2 cm³/mol. The van der Waals surface area contributed by atoms with E-state index in [1.165, 1.54) is 11.1 Å². The van der Waals surface area contributed by atoms with Crippen molar-refractivity contribution >= 4 is 0 Å². The van der Waals surface area contributed by atoms with E-state index >= 15 is 0 Å². The van der Waals surface area contributed by atoms with Gasteiger partial charge in [0.05, 0.1) is 24.8 Å². The van der Waals surface area contributed by atoms with Gasteiger partial charge < -0.3 is 4.74 Å². The van der Waals surface area contributed by atoms with E-state index in [9.17, 15) is 0 Å². The van der Waals surface area contributed by atoms with Gasteiger partial charge in [-0.3, -0.25) is 0 Å². The SMILES string of the molecule is CC(C)=CCC/C(C)=C/COCc1ccc(C#N)cc1. The lowest BCUT2D eigenvalue weighted by Crippen LogP contribution is -1.94. The first-order valence-electron chi connectivity index (χ1n) is 6.97. The van der Waals surface area contributed by atoms with Crippen molar-refractivity contribution in [2.45, 2.75) is 40.2 Å². The summed E-state index contributed by atoms with van der Waals surface area (Å²) in [6.45, 7) is 7.62. The second-order valence-electron chi connectivity index (χ2n) is 5.19. The minimum atomic E-state index is 0.587. The fraction of sp³-hybridized carbons (Fsp3) is 0.389. The van der Waals surface area contributed by atoms with Crippen molar-refractivity contribution in [2.24, 2.45) is 0 Å². The Kier molecular flexibility index (Phi) is 7.39. The molecular weight excluding hydrogens is 246 g/mol. The molecule has 1 rings (SSSR count). The van der Waals surface area contributed by atoms with Crippen LogP contribution in [0, 0.1) is 11.3 Å². The first-order chi connectivity index (χ1) is 9.61. The molecule has 2 nitrogen and oxygen atoms in total. The number of hydrogen-bond donors (Lipinski definition) is 0. The molecule has 0 saturated heterocycles. The van der Waals surface area contributed by atoms with E-state index in [4.69, 9.17) is 10.00 Å². The highest BCUT2D eigenvalue weighted by atomic mass is 16.5. The average Bonchev–Trinajstić information content (AvgIpc) is 2.44. The zero-order valence-corrected chi connectivity index (χ0v) is 12.6. The Morgan fingerprint density at radius 1 is 1.15 bits per heavy atom. The summed E-state index contributed by atoms with van der Waals surface area (Å²) in [7, 11) is 0. The Labute approximate surface area is 122 Å². The highest BCUT2D eigenvalue weighted by molar-refractivity contribution is 5.31. The first-order valence-corrected chi connectivity index (χ1v) is 6.97. The average molecular weight is 269 g/mol. The van der Waals surface area contributed by atoms with E-state index < -0.39 is 0 Å². The van der Waals surface area contributed by atoms with Gasteiger partial charge in [0.1, 0.15) is 0 Å². The van der Waals surface area contributed by atoms with Gasteiger partial charge >= 0.3 is 0 Å². The normalized spacial score (nSPS) is 11.0. The Morgan fingerprint density at radius 3 is 2.45 bits per heavy atom. The van der Waals surface area contributed by atoms with Crippen LogP contribution in [0.25, 0.3) is 0 Å². The van der Waals surface area contributed by atoms with E-state index in [0.29, 0.717) is 18.8 Å². The lowest BCUT2D eigenvalue weighted by molar-refractivity contribution is 0.148. The number of nitrogens with zero attached hydrogens (tertiary/aromatic N) is 1. The molecule has 0 atom stereocenters. The van der Waals surface area contributed by atoms with Crippen molar-refractivity contribution < 1.29 is 4.74 Å². The van der Waals surface area contributed by atoms with Gasteiger partial charge in [-0.2, -0.15) is 5.26 Å². The topological polar surface area (TPSA) is 33.0 Å². The van der Waals surface area contributed by atoms with Crippen molar-refractivity contribution in [1.82, 2.24) is 0 Å². The number of nitriles is 1. The number of benzene rings is 1. The number of ether oxygens (including phenoxy) is 1. The predicted octanol–water partition coefficient (Wildman–Crippen LogP) is 4.77. The third kappa shape index (κ3) is 6.92. The molecule has 0 aliphatic heterocycles. The molecule has 0 unspecified atom stereocenters. The van der Waals surface area contributed by atoms with Crippen LogP contribution in [-0.2, 0) is 11.3 Å². The van der Waals surface area contributed by atoms with Gasteiger partial charge in [-0.05, 0) is 51.3 Å². The Balaban J connectivity index is 2.26. The summed E-state index contributed by atoms with van der Waals surface area (Å²) in [6, 6.07) is 9.62. The van der Waals surface area contributed by atoms with Gasteiger partial charge in [0.15, 0.2) is 0 Å². The Bertz CT molecular complexity index is 499. The minimum Gasteiger partial charge on any atom is -0.373 e. The molecule has 1 aromatic carbocycles. The standard InChI is InChI=1S/C18H23NO/c1-15(2)5-4-6-16(3)11-12-20-14-18-9-7-17(13-19)8-10-18/h5,7-11H,4,6,12,14H2,1-3H3/b16-11+. The number of allylic oxidation sites excluding steroid dienone is 3. The molecule has 0 fully saturated rings. The van der Waals surface area contributed by atoms with Crippen LogP contribution in [0.15, 0.2) is 47.6 Å². The zero-order valence-electron chi connectivity index (χ0n) is 12.6. The van der Waals surface area contributed by atoms with Crippen LogP contribution < -0.4 is 0 Å². The van der Waals surface area contributed by atoms with Crippen LogP contribution in [0.4, 0.5) is 0 Å². The molecule has 106 valence electrons. The van der Waals surface area contributed by atoms with Gasteiger partial charge in [-0.25, -0.2) is 0 Å². The van der Waals surface area contributed by atoms with E-state index in [1.807, 2.05) is 24.3 Å². The fourth-order valence-corrected chi connectivity index (χ4v) is 1.74. The summed E-state index contributed by atoms with van der Waals surface area (Å²) in [5, 5.41) is 8.72. The van der Waals surface area contributed by atoms with Crippen LogP contribution in [0.1, 0.15) is 44.7 Å². The van der Waals surface area contributed by atoms with Crippen LogP contribution in [0.3, 0.4) is 0 Å². The Hall–Kier alpha value is -1.85. The van der Waals surface area contributed by atoms with E-state index in [-0.39, 0.29) is 0 Å². The van der Waals surface area contributed by atoms with Crippen LogP contribution in [-0.4, -0.2) is 6.61 Å². The summed E-state index contributed by atoms with van der Waals surface area (Å²) in [5.74, 6) is 0. The third-order valence-electron chi connectivity index (χ3n) is 2.99. The van der Waals surface area contributed by atoms with Gasteiger partial charge in [0.25, 0.3) is 0 Å². The van der Waals surface area contributed by atoms with Crippen molar-refractivity contribution in [2.75, 3.05) is 6.61 Å². The highest BCUT2D eigenvalue weighted by Crippen LogP contribution is 2.08. The van der Waals surface area contributed by atoms with Gasteiger partial charge in [0, 0.05) is 0 Å². The first kappa shape index (κ1) is 16.2. The van der Waals surface area contributed by atoms with E-state index in [2.05, 4.69) is 39.0 Å². The molecule has 0 aliphatic rings. The molecule has 0 aliphatic carbocycles. The second kappa shape index (κ2) is 9.12. The van der Waals surface area contributed by atoms with Crippen LogP contribution in [0.5, 0.6) is 0 Å². The van der Waals surface area contributed by atoms with E-state index in [1.54, 1.807) is 0 Å². The smallest absolute Gasteiger partial charge is 0.0991 e. The molecule has 0 N–H and O–H groups in total. The summed E-state index contributed by atoms with van der Waals surface area (Å²) in [6.07, 6.45) is 6.59. The molecule has 20 heavy (non-hydrogen) atoms. The van der Waals surface area contributed by atoms with Crippen LogP contribution >= 0.6 is 0 Å². The molecule has 1 aromatic rings. The van der Waals surface area contributed by atoms with Gasteiger partial charge in [-0.1, -0.05) is 35.4 Å². The zero-order chi connectivity index (χ0) is 14.8. The van der Waals surface area contributed by atoms with Crippen molar-refractivity contribution in [3.8, 4) is 6.07 Å². The summed E-state index contributed by atoms with van der Waals surface area (Å²) >= 11 is 0. The van der Waals surface area contributed by atoms with Crippen molar-refractivity contribution in [1.29, 1.82) is 5.26 Å². The van der Waals surface area contributed by atoms with Gasteiger partial charge in [0.2, 0.25) is 0 Å². The third-order valence-corrected chi connectivity index (χ3v) is 2.99. The molecule has 0 aromatic heterocycles. The number of hydrogen-bond acceptors (Lipinski definition) is 2. The largest absolute Gasteiger partial charge is 0.373 e. The lowest BCUT2D eigenvalue weighted by atomic mass is 10.1. The molecule has 0 saturated carbocycles. The second-order valence-corrected chi connectivity index (χ2v) is 5.19. The molecule has 0 spiro atoms. The maximum absolute atomic E-state index is 8.72. The van der Waals surface area contributed by atoms with E-state index in [0.717, 1.165) is 18.4 Å². The molecule has 0 bridgehead atoms.